The van der Waals surface area contributed by atoms with Crippen LogP contribution in [0.2, 0.25) is 0 Å². The molecule has 1 aromatic rings. The first-order valence-corrected chi connectivity index (χ1v) is 5.01. The number of hydrogen-bond donors (Lipinski definition) is 2. The molecule has 0 spiro atoms. The molecular weight excluding hydrogens is 285 g/mol. The number of esters is 1. The van der Waals surface area contributed by atoms with Crippen molar-refractivity contribution in [3.8, 4) is 0 Å². The lowest BCUT2D eigenvalue weighted by Crippen LogP contribution is -2.29. The Labute approximate surface area is 99.0 Å². The Kier molecular flexibility index (Phi) is 4.34. The Bertz CT molecular complexity index is 401. The standard InChI is InChI=1S/C9H9BrFNO4/c1-16-9(15)8(14)7(13)4-2-6(10)12-3-5(4)11/h2-3,7-8,13-14H,1H3. The van der Waals surface area contributed by atoms with Gasteiger partial charge in [0.15, 0.2) is 6.10 Å². The van der Waals surface area contributed by atoms with Crippen molar-refractivity contribution < 1.29 is 24.1 Å². The van der Waals surface area contributed by atoms with E-state index in [4.69, 9.17) is 0 Å². The molecule has 1 aromatic heterocycles. The SMILES string of the molecule is COC(=O)C(O)C(O)c1cc(Br)ncc1F. The lowest BCUT2D eigenvalue weighted by Gasteiger charge is -2.16. The van der Waals surface area contributed by atoms with Gasteiger partial charge in [0.05, 0.1) is 13.3 Å². The number of pyridine rings is 1. The Morgan fingerprint density at radius 2 is 2.25 bits per heavy atom. The summed E-state index contributed by atoms with van der Waals surface area (Å²) < 4.78 is 17.7. The molecule has 5 nitrogen and oxygen atoms in total. The average molecular weight is 294 g/mol. The van der Waals surface area contributed by atoms with Gasteiger partial charge in [0.1, 0.15) is 16.5 Å². The van der Waals surface area contributed by atoms with Crippen molar-refractivity contribution >= 4 is 21.9 Å². The molecule has 0 amide bonds. The third-order valence-corrected chi connectivity index (χ3v) is 2.35. The van der Waals surface area contributed by atoms with E-state index in [1.54, 1.807) is 0 Å². The third kappa shape index (κ3) is 2.75. The predicted molar refractivity (Wildman–Crippen MR) is 54.9 cm³/mol. The maximum absolute atomic E-state index is 13.2. The first-order valence-electron chi connectivity index (χ1n) is 4.22. The van der Waals surface area contributed by atoms with Crippen molar-refractivity contribution in [1.82, 2.24) is 4.98 Å². The van der Waals surface area contributed by atoms with Gasteiger partial charge in [0.2, 0.25) is 0 Å². The van der Waals surface area contributed by atoms with Crippen molar-refractivity contribution in [3.63, 3.8) is 0 Å². The van der Waals surface area contributed by atoms with Crippen molar-refractivity contribution in [1.29, 1.82) is 0 Å². The van der Waals surface area contributed by atoms with Gasteiger partial charge in [-0.3, -0.25) is 0 Å². The van der Waals surface area contributed by atoms with Crippen LogP contribution in [0.4, 0.5) is 4.39 Å². The molecule has 2 atom stereocenters. The zero-order valence-electron chi connectivity index (χ0n) is 8.22. The van der Waals surface area contributed by atoms with Crippen molar-refractivity contribution in [3.05, 3.63) is 28.2 Å². The number of aliphatic hydroxyl groups is 2. The number of methoxy groups -OCH3 is 1. The molecule has 2 unspecified atom stereocenters. The van der Waals surface area contributed by atoms with E-state index in [9.17, 15) is 19.4 Å². The van der Waals surface area contributed by atoms with Crippen LogP contribution in [0.25, 0.3) is 0 Å². The van der Waals surface area contributed by atoms with Gasteiger partial charge in [-0.1, -0.05) is 0 Å². The van der Waals surface area contributed by atoms with Crippen LogP contribution in [0.15, 0.2) is 16.9 Å². The number of halogens is 2. The van der Waals surface area contributed by atoms with Gasteiger partial charge in [-0.2, -0.15) is 0 Å². The minimum absolute atomic E-state index is 0.236. The molecule has 0 bridgehead atoms. The highest BCUT2D eigenvalue weighted by atomic mass is 79.9. The lowest BCUT2D eigenvalue weighted by molar-refractivity contribution is -0.156. The topological polar surface area (TPSA) is 79.7 Å². The first-order chi connectivity index (χ1) is 7.47. The molecule has 1 rings (SSSR count). The summed E-state index contributed by atoms with van der Waals surface area (Å²) in [5.41, 5.74) is -0.236. The van der Waals surface area contributed by atoms with Gasteiger partial charge in [-0.25, -0.2) is 14.2 Å². The van der Waals surface area contributed by atoms with E-state index < -0.39 is 24.0 Å². The van der Waals surface area contributed by atoms with Crippen molar-refractivity contribution in [2.45, 2.75) is 12.2 Å². The Hall–Kier alpha value is -1.05. The maximum atomic E-state index is 13.2. The van der Waals surface area contributed by atoms with Crippen LogP contribution < -0.4 is 0 Å². The molecule has 2 N–H and O–H groups in total. The van der Waals surface area contributed by atoms with Crippen LogP contribution in [-0.2, 0) is 9.53 Å². The van der Waals surface area contributed by atoms with E-state index in [2.05, 4.69) is 25.7 Å². The first kappa shape index (κ1) is 13.0. The van der Waals surface area contributed by atoms with Gasteiger partial charge in [-0.05, 0) is 22.0 Å². The second-order valence-electron chi connectivity index (χ2n) is 2.94. The quantitative estimate of drug-likeness (QED) is 0.628. The number of carbonyl (C=O) groups is 1. The van der Waals surface area contributed by atoms with Gasteiger partial charge < -0.3 is 14.9 Å². The molecule has 0 fully saturated rings. The van der Waals surface area contributed by atoms with Crippen LogP contribution in [0, 0.1) is 5.82 Å². The summed E-state index contributed by atoms with van der Waals surface area (Å²) in [5.74, 6) is -1.86. The van der Waals surface area contributed by atoms with Crippen LogP contribution in [0.5, 0.6) is 0 Å². The number of carbonyl (C=O) groups excluding carboxylic acids is 1. The number of hydrogen-bond acceptors (Lipinski definition) is 5. The molecule has 7 heteroatoms. The maximum Gasteiger partial charge on any atom is 0.337 e. The smallest absolute Gasteiger partial charge is 0.337 e. The highest BCUT2D eigenvalue weighted by molar-refractivity contribution is 9.10. The second-order valence-corrected chi connectivity index (χ2v) is 3.75. The highest BCUT2D eigenvalue weighted by Crippen LogP contribution is 2.22. The Balaban J connectivity index is 2.99. The Morgan fingerprint density at radius 1 is 1.62 bits per heavy atom. The molecule has 0 aliphatic rings. The number of rotatable bonds is 3. The number of aliphatic hydroxyl groups excluding tert-OH is 2. The molecule has 0 saturated heterocycles. The molecule has 88 valence electrons. The second kappa shape index (κ2) is 5.33. The minimum Gasteiger partial charge on any atom is -0.467 e. The monoisotopic (exact) mass is 293 g/mol. The van der Waals surface area contributed by atoms with Gasteiger partial charge in [-0.15, -0.1) is 0 Å². The van der Waals surface area contributed by atoms with E-state index in [0.29, 0.717) is 0 Å². The predicted octanol–water partition coefficient (Wildman–Crippen LogP) is 0.550. The molecule has 0 radical (unpaired) electrons. The largest absolute Gasteiger partial charge is 0.467 e. The summed E-state index contributed by atoms with van der Waals surface area (Å²) in [6, 6.07) is 1.17. The molecule has 0 aromatic carbocycles. The summed E-state index contributed by atoms with van der Waals surface area (Å²) >= 11 is 2.98. The summed E-state index contributed by atoms with van der Waals surface area (Å²) in [4.78, 5) is 14.5. The molecule has 0 saturated carbocycles. The summed E-state index contributed by atoms with van der Waals surface area (Å²) in [7, 11) is 1.05. The lowest BCUT2D eigenvalue weighted by atomic mass is 10.1. The van der Waals surface area contributed by atoms with Crippen LogP contribution in [0.3, 0.4) is 0 Å². The fourth-order valence-corrected chi connectivity index (χ4v) is 1.42. The highest BCUT2D eigenvalue weighted by Gasteiger charge is 2.28. The van der Waals surface area contributed by atoms with E-state index in [-0.39, 0.29) is 10.2 Å². The van der Waals surface area contributed by atoms with Crippen LogP contribution >= 0.6 is 15.9 Å². The van der Waals surface area contributed by atoms with E-state index in [1.165, 1.54) is 6.07 Å². The zero-order chi connectivity index (χ0) is 12.3. The molecular formula is C9H9BrFNO4. The summed E-state index contributed by atoms with van der Waals surface area (Å²) in [6.07, 6.45) is -2.67. The molecule has 0 aliphatic carbocycles. The summed E-state index contributed by atoms with van der Waals surface area (Å²) in [6.45, 7) is 0. The van der Waals surface area contributed by atoms with Gasteiger partial charge in [0, 0.05) is 5.56 Å². The van der Waals surface area contributed by atoms with Gasteiger partial charge in [0.25, 0.3) is 0 Å². The van der Waals surface area contributed by atoms with E-state index >= 15 is 0 Å². The fourth-order valence-electron chi connectivity index (χ4n) is 1.07. The normalized spacial score (nSPS) is 14.3. The average Bonchev–Trinajstić information content (AvgIpc) is 2.29. The van der Waals surface area contributed by atoms with Gasteiger partial charge >= 0.3 is 5.97 Å². The number of aromatic nitrogens is 1. The third-order valence-electron chi connectivity index (χ3n) is 1.91. The van der Waals surface area contributed by atoms with E-state index in [0.717, 1.165) is 13.3 Å². The van der Waals surface area contributed by atoms with Crippen LogP contribution in [0.1, 0.15) is 11.7 Å². The van der Waals surface area contributed by atoms with Crippen molar-refractivity contribution in [2.75, 3.05) is 7.11 Å². The number of nitrogens with zero attached hydrogens (tertiary/aromatic N) is 1. The Morgan fingerprint density at radius 3 is 2.81 bits per heavy atom. The zero-order valence-corrected chi connectivity index (χ0v) is 9.81. The molecule has 16 heavy (non-hydrogen) atoms. The van der Waals surface area contributed by atoms with Crippen LogP contribution in [-0.4, -0.2) is 34.4 Å². The number of ether oxygens (including phenoxy) is 1. The van der Waals surface area contributed by atoms with E-state index in [1.807, 2.05) is 0 Å². The molecule has 1 heterocycles. The minimum atomic E-state index is -1.84. The molecule has 0 aliphatic heterocycles. The van der Waals surface area contributed by atoms with Crippen molar-refractivity contribution in [2.24, 2.45) is 0 Å². The fraction of sp³-hybridized carbons (Fsp3) is 0.333. The summed E-state index contributed by atoms with van der Waals surface area (Å²) in [5, 5.41) is 18.9.